The lowest BCUT2D eigenvalue weighted by Crippen LogP contribution is -2.19. The summed E-state index contributed by atoms with van der Waals surface area (Å²) in [4.78, 5) is 22.9. The van der Waals surface area contributed by atoms with Gasteiger partial charge in [-0.3, -0.25) is 4.79 Å². The van der Waals surface area contributed by atoms with E-state index in [-0.39, 0.29) is 18.3 Å². The van der Waals surface area contributed by atoms with Crippen LogP contribution in [0.5, 0.6) is 17.2 Å². The number of rotatable bonds is 8. The number of amides is 1. The van der Waals surface area contributed by atoms with Crippen molar-refractivity contribution < 1.29 is 28.5 Å². The largest absolute Gasteiger partial charge is 0.514 e. The lowest BCUT2D eigenvalue weighted by molar-refractivity contribution is -0.116. The van der Waals surface area contributed by atoms with E-state index < -0.39 is 6.16 Å². The average molecular weight is 349 g/mol. The SMILES string of the molecule is CCNC(=O)C=CC=Cc1cc(OC)c(OC(=O)OCC)c(OC)c1. The summed E-state index contributed by atoms with van der Waals surface area (Å²) in [5.41, 5.74) is 0.741. The van der Waals surface area contributed by atoms with E-state index in [1.54, 1.807) is 37.3 Å². The van der Waals surface area contributed by atoms with Crippen LogP contribution < -0.4 is 19.5 Å². The van der Waals surface area contributed by atoms with E-state index in [1.807, 2.05) is 6.92 Å². The second-order valence-corrected chi connectivity index (χ2v) is 4.65. The van der Waals surface area contributed by atoms with Crippen molar-refractivity contribution in [3.8, 4) is 17.2 Å². The number of carbonyl (C=O) groups excluding carboxylic acids is 2. The Morgan fingerprint density at radius 3 is 2.24 bits per heavy atom. The van der Waals surface area contributed by atoms with Crippen LogP contribution in [-0.4, -0.2) is 39.4 Å². The number of ether oxygens (including phenoxy) is 4. The summed E-state index contributed by atoms with van der Waals surface area (Å²) in [6.07, 6.45) is 5.66. The third-order valence-electron chi connectivity index (χ3n) is 2.93. The minimum atomic E-state index is -0.840. The molecule has 0 aliphatic carbocycles. The Kier molecular flexibility index (Phi) is 8.63. The second-order valence-electron chi connectivity index (χ2n) is 4.65. The van der Waals surface area contributed by atoms with E-state index in [0.717, 1.165) is 5.56 Å². The number of hydrogen-bond donors (Lipinski definition) is 1. The van der Waals surface area contributed by atoms with Gasteiger partial charge in [-0.1, -0.05) is 18.2 Å². The molecule has 0 spiro atoms. The van der Waals surface area contributed by atoms with Gasteiger partial charge in [-0.05, 0) is 31.5 Å². The van der Waals surface area contributed by atoms with Crippen LogP contribution in [0.4, 0.5) is 4.79 Å². The highest BCUT2D eigenvalue weighted by Gasteiger charge is 2.17. The van der Waals surface area contributed by atoms with Gasteiger partial charge in [0.05, 0.1) is 20.8 Å². The standard InChI is InChI=1S/C18H23NO6/c1-5-19-16(20)10-8-7-9-13-11-14(22-3)17(15(12-13)23-4)25-18(21)24-6-2/h7-12H,5-6H2,1-4H3,(H,19,20). The van der Waals surface area contributed by atoms with Crippen LogP contribution >= 0.6 is 0 Å². The molecular weight excluding hydrogens is 326 g/mol. The van der Waals surface area contributed by atoms with Gasteiger partial charge in [0, 0.05) is 12.6 Å². The van der Waals surface area contributed by atoms with E-state index in [9.17, 15) is 9.59 Å². The van der Waals surface area contributed by atoms with Gasteiger partial charge in [0.1, 0.15) is 0 Å². The normalized spacial score (nSPS) is 10.7. The Hall–Kier alpha value is -2.96. The van der Waals surface area contributed by atoms with E-state index >= 15 is 0 Å². The average Bonchev–Trinajstić information content (AvgIpc) is 2.59. The molecule has 1 aromatic rings. The van der Waals surface area contributed by atoms with Gasteiger partial charge in [0.2, 0.25) is 11.7 Å². The van der Waals surface area contributed by atoms with Gasteiger partial charge in [-0.2, -0.15) is 0 Å². The molecule has 0 unspecified atom stereocenters. The van der Waals surface area contributed by atoms with Crippen molar-refractivity contribution >= 4 is 18.1 Å². The van der Waals surface area contributed by atoms with Crippen LogP contribution in [0.1, 0.15) is 19.4 Å². The van der Waals surface area contributed by atoms with Gasteiger partial charge in [-0.15, -0.1) is 0 Å². The smallest absolute Gasteiger partial charge is 0.493 e. The Morgan fingerprint density at radius 2 is 1.72 bits per heavy atom. The Morgan fingerprint density at radius 1 is 1.08 bits per heavy atom. The lowest BCUT2D eigenvalue weighted by Gasteiger charge is -2.13. The van der Waals surface area contributed by atoms with Crippen molar-refractivity contribution in [1.29, 1.82) is 0 Å². The van der Waals surface area contributed by atoms with Crippen molar-refractivity contribution in [2.24, 2.45) is 0 Å². The fourth-order valence-electron chi connectivity index (χ4n) is 1.87. The molecule has 0 aliphatic rings. The molecule has 1 N–H and O–H groups in total. The van der Waals surface area contributed by atoms with Crippen molar-refractivity contribution in [2.75, 3.05) is 27.4 Å². The third-order valence-corrected chi connectivity index (χ3v) is 2.93. The van der Waals surface area contributed by atoms with Crippen molar-refractivity contribution in [1.82, 2.24) is 5.32 Å². The zero-order chi connectivity index (χ0) is 18.7. The van der Waals surface area contributed by atoms with Crippen LogP contribution in [0.2, 0.25) is 0 Å². The maximum Gasteiger partial charge on any atom is 0.514 e. The quantitative estimate of drug-likeness (QED) is 0.336. The number of benzene rings is 1. The molecule has 25 heavy (non-hydrogen) atoms. The molecule has 1 amide bonds. The van der Waals surface area contributed by atoms with E-state index in [1.165, 1.54) is 20.3 Å². The third kappa shape index (κ3) is 6.58. The summed E-state index contributed by atoms with van der Waals surface area (Å²) in [5, 5.41) is 2.66. The molecule has 0 aromatic heterocycles. The summed E-state index contributed by atoms with van der Waals surface area (Å²) in [6, 6.07) is 3.35. The van der Waals surface area contributed by atoms with Gasteiger partial charge < -0.3 is 24.3 Å². The minimum Gasteiger partial charge on any atom is -0.493 e. The van der Waals surface area contributed by atoms with Crippen LogP contribution in [0.15, 0.2) is 30.4 Å². The van der Waals surface area contributed by atoms with Crippen LogP contribution in [0.25, 0.3) is 6.08 Å². The molecule has 1 aromatic carbocycles. The van der Waals surface area contributed by atoms with Gasteiger partial charge in [-0.25, -0.2) is 4.79 Å². The van der Waals surface area contributed by atoms with Gasteiger partial charge >= 0.3 is 6.16 Å². The number of hydrogen-bond acceptors (Lipinski definition) is 6. The molecule has 7 heteroatoms. The molecule has 0 saturated heterocycles. The van der Waals surface area contributed by atoms with Gasteiger partial charge in [0.25, 0.3) is 0 Å². The Balaban J connectivity index is 3.00. The molecule has 0 bridgehead atoms. The van der Waals surface area contributed by atoms with Crippen LogP contribution in [-0.2, 0) is 9.53 Å². The molecule has 0 aliphatic heterocycles. The lowest BCUT2D eigenvalue weighted by atomic mass is 10.1. The number of carbonyl (C=O) groups is 2. The zero-order valence-electron chi connectivity index (χ0n) is 14.8. The topological polar surface area (TPSA) is 83.1 Å². The van der Waals surface area contributed by atoms with E-state index in [0.29, 0.717) is 18.0 Å². The summed E-state index contributed by atoms with van der Waals surface area (Å²) in [5.74, 6) is 0.610. The molecule has 1 rings (SSSR count). The molecular formula is C18H23NO6. The monoisotopic (exact) mass is 349 g/mol. The zero-order valence-corrected chi connectivity index (χ0v) is 14.8. The fraction of sp³-hybridized carbons (Fsp3) is 0.333. The Bertz CT molecular complexity index is 626. The highest BCUT2D eigenvalue weighted by molar-refractivity contribution is 5.87. The first-order chi connectivity index (χ1) is 12.0. The molecule has 0 atom stereocenters. The van der Waals surface area contributed by atoms with Crippen LogP contribution in [0, 0.1) is 0 Å². The fourth-order valence-corrected chi connectivity index (χ4v) is 1.87. The summed E-state index contributed by atoms with van der Waals surface area (Å²) in [6.45, 7) is 4.30. The second kappa shape index (κ2) is 10.7. The molecule has 0 heterocycles. The highest BCUT2D eigenvalue weighted by atomic mass is 16.7. The van der Waals surface area contributed by atoms with Crippen molar-refractivity contribution in [3.63, 3.8) is 0 Å². The number of nitrogens with one attached hydrogen (secondary N) is 1. The predicted molar refractivity (Wildman–Crippen MR) is 94.1 cm³/mol. The molecule has 7 nitrogen and oxygen atoms in total. The molecule has 136 valence electrons. The summed E-state index contributed by atoms with van der Waals surface area (Å²) in [7, 11) is 2.91. The number of allylic oxidation sites excluding steroid dienone is 2. The first kappa shape index (κ1) is 20.1. The number of likely N-dealkylation sites (N-methyl/N-ethyl adjacent to an activating group) is 1. The first-order valence-corrected chi connectivity index (χ1v) is 7.78. The molecule has 0 fully saturated rings. The van der Waals surface area contributed by atoms with Crippen molar-refractivity contribution in [2.45, 2.75) is 13.8 Å². The van der Waals surface area contributed by atoms with E-state index in [4.69, 9.17) is 18.9 Å². The molecule has 0 radical (unpaired) electrons. The Labute approximate surface area is 147 Å². The van der Waals surface area contributed by atoms with Crippen LogP contribution in [0.3, 0.4) is 0 Å². The maximum atomic E-state index is 11.5. The highest BCUT2D eigenvalue weighted by Crippen LogP contribution is 2.39. The van der Waals surface area contributed by atoms with Crippen molar-refractivity contribution in [3.05, 3.63) is 35.9 Å². The van der Waals surface area contributed by atoms with E-state index in [2.05, 4.69) is 5.32 Å². The molecule has 0 saturated carbocycles. The number of methoxy groups -OCH3 is 2. The van der Waals surface area contributed by atoms with Gasteiger partial charge in [0.15, 0.2) is 11.5 Å². The summed E-state index contributed by atoms with van der Waals surface area (Å²) >= 11 is 0. The summed E-state index contributed by atoms with van der Waals surface area (Å²) < 4.78 is 20.4. The maximum absolute atomic E-state index is 11.5. The predicted octanol–water partition coefficient (Wildman–Crippen LogP) is 2.94. The minimum absolute atomic E-state index is 0.137. The first-order valence-electron chi connectivity index (χ1n) is 7.78.